The highest BCUT2D eigenvalue weighted by Gasteiger charge is 2.19. The lowest BCUT2D eigenvalue weighted by molar-refractivity contribution is -0.123. The first kappa shape index (κ1) is 18.8. The molecular formula is C17H21ClN4O3. The van der Waals surface area contributed by atoms with Crippen molar-refractivity contribution in [1.82, 2.24) is 15.8 Å². The van der Waals surface area contributed by atoms with Gasteiger partial charge < -0.3 is 9.32 Å². The van der Waals surface area contributed by atoms with E-state index in [4.69, 9.17) is 4.42 Å². The molecule has 1 aromatic heterocycles. The Kier molecular flexibility index (Phi) is 6.85. The molecule has 2 heterocycles. The number of halogens is 1. The number of nitrogens with zero attached hydrogens (tertiary/aromatic N) is 2. The van der Waals surface area contributed by atoms with Crippen LogP contribution in [0.2, 0.25) is 0 Å². The second kappa shape index (κ2) is 9.10. The predicted molar refractivity (Wildman–Crippen MR) is 96.7 cm³/mol. The van der Waals surface area contributed by atoms with Gasteiger partial charge in [0.1, 0.15) is 0 Å². The minimum atomic E-state index is -0.470. The zero-order valence-corrected chi connectivity index (χ0v) is 14.5. The predicted octanol–water partition coefficient (Wildman–Crippen LogP) is 1.28. The average Bonchev–Trinajstić information content (AvgIpc) is 3.16. The summed E-state index contributed by atoms with van der Waals surface area (Å²) >= 11 is 0. The third-order valence-electron chi connectivity index (χ3n) is 3.92. The number of rotatable bonds is 4. The molecule has 2 amide bonds. The number of amides is 2. The molecule has 1 aromatic carbocycles. The van der Waals surface area contributed by atoms with Crippen LogP contribution in [0, 0.1) is 0 Å². The zero-order chi connectivity index (χ0) is 16.8. The maximum Gasteiger partial charge on any atom is 0.305 e. The highest BCUT2D eigenvalue weighted by molar-refractivity contribution is 5.93. The lowest BCUT2D eigenvalue weighted by Gasteiger charge is -2.35. The van der Waals surface area contributed by atoms with Crippen molar-refractivity contribution in [3.8, 4) is 0 Å². The Morgan fingerprint density at radius 2 is 1.68 bits per heavy atom. The first-order chi connectivity index (χ1) is 11.7. The first-order valence-corrected chi connectivity index (χ1v) is 7.87. The van der Waals surface area contributed by atoms with Crippen LogP contribution in [0.15, 0.2) is 53.1 Å². The number of piperazine rings is 1. The van der Waals surface area contributed by atoms with Gasteiger partial charge in [-0.3, -0.25) is 25.3 Å². The summed E-state index contributed by atoms with van der Waals surface area (Å²) in [5.41, 5.74) is 5.95. The molecule has 2 N–H and O–H groups in total. The fraction of sp³-hybridized carbons (Fsp3) is 0.294. The number of carbonyl (C=O) groups excluding carboxylic acids is 2. The lowest BCUT2D eigenvalue weighted by Crippen LogP contribution is -2.51. The van der Waals surface area contributed by atoms with Crippen LogP contribution < -0.4 is 15.8 Å². The molecule has 0 saturated carbocycles. The summed E-state index contributed by atoms with van der Waals surface area (Å²) in [7, 11) is 0. The molecule has 8 heteroatoms. The van der Waals surface area contributed by atoms with Gasteiger partial charge in [-0.15, -0.1) is 12.4 Å². The molecule has 1 aliphatic rings. The number of hydrogen-bond acceptors (Lipinski definition) is 5. The van der Waals surface area contributed by atoms with E-state index in [1.54, 1.807) is 6.07 Å². The van der Waals surface area contributed by atoms with Crippen LogP contribution in [0.5, 0.6) is 0 Å². The van der Waals surface area contributed by atoms with Gasteiger partial charge in [0, 0.05) is 31.9 Å². The van der Waals surface area contributed by atoms with Crippen molar-refractivity contribution in [1.29, 1.82) is 0 Å². The molecule has 0 spiro atoms. The number of hydrazine groups is 1. The average molecular weight is 365 g/mol. The van der Waals surface area contributed by atoms with Crippen LogP contribution >= 0.6 is 12.4 Å². The molecule has 7 nitrogen and oxygen atoms in total. The van der Waals surface area contributed by atoms with Crippen molar-refractivity contribution in [2.75, 3.05) is 37.6 Å². The van der Waals surface area contributed by atoms with Gasteiger partial charge in [0.15, 0.2) is 5.76 Å². The molecule has 134 valence electrons. The van der Waals surface area contributed by atoms with Crippen LogP contribution in [0.1, 0.15) is 10.6 Å². The zero-order valence-electron chi connectivity index (χ0n) is 13.7. The number of para-hydroxylation sites is 1. The SMILES string of the molecule is Cl.O=C(CN1CCN(c2ccccc2)CC1)NNC(=O)c1ccco1. The Labute approximate surface area is 152 Å². The summed E-state index contributed by atoms with van der Waals surface area (Å²) in [5, 5.41) is 0. The van der Waals surface area contributed by atoms with Gasteiger partial charge in [0.05, 0.1) is 12.8 Å². The largest absolute Gasteiger partial charge is 0.459 e. The van der Waals surface area contributed by atoms with Gasteiger partial charge in [-0.25, -0.2) is 0 Å². The number of anilines is 1. The number of nitrogens with one attached hydrogen (secondary N) is 2. The molecule has 25 heavy (non-hydrogen) atoms. The van der Waals surface area contributed by atoms with E-state index in [-0.39, 0.29) is 30.6 Å². The third kappa shape index (κ3) is 5.23. The molecule has 1 fully saturated rings. The second-order valence-electron chi connectivity index (χ2n) is 5.58. The van der Waals surface area contributed by atoms with Gasteiger partial charge in [-0.1, -0.05) is 18.2 Å². The van der Waals surface area contributed by atoms with Crippen LogP contribution in [0.3, 0.4) is 0 Å². The van der Waals surface area contributed by atoms with Crippen LogP contribution in [-0.4, -0.2) is 49.4 Å². The molecule has 3 rings (SSSR count). The normalized spacial score (nSPS) is 14.5. The monoisotopic (exact) mass is 364 g/mol. The van der Waals surface area contributed by atoms with Crippen molar-refractivity contribution in [2.45, 2.75) is 0 Å². The van der Waals surface area contributed by atoms with Crippen molar-refractivity contribution >= 4 is 29.9 Å². The Bertz CT molecular complexity index is 670. The summed E-state index contributed by atoms with van der Waals surface area (Å²) in [4.78, 5) is 27.9. The molecular weight excluding hydrogens is 344 g/mol. The number of furan rings is 1. The maximum absolute atomic E-state index is 11.9. The van der Waals surface area contributed by atoms with Gasteiger partial charge >= 0.3 is 5.91 Å². The fourth-order valence-electron chi connectivity index (χ4n) is 2.64. The van der Waals surface area contributed by atoms with E-state index in [0.717, 1.165) is 26.2 Å². The highest BCUT2D eigenvalue weighted by Crippen LogP contribution is 2.15. The second-order valence-corrected chi connectivity index (χ2v) is 5.58. The van der Waals surface area contributed by atoms with E-state index in [1.165, 1.54) is 18.0 Å². The van der Waals surface area contributed by atoms with Crippen LogP contribution in [0.4, 0.5) is 5.69 Å². The molecule has 0 aliphatic carbocycles. The van der Waals surface area contributed by atoms with Crippen LogP contribution in [0.25, 0.3) is 0 Å². The molecule has 1 aliphatic heterocycles. The molecule has 0 unspecified atom stereocenters. The topological polar surface area (TPSA) is 77.8 Å². The Morgan fingerprint density at radius 1 is 0.960 bits per heavy atom. The van der Waals surface area contributed by atoms with Crippen molar-refractivity contribution in [3.63, 3.8) is 0 Å². The van der Waals surface area contributed by atoms with Crippen molar-refractivity contribution < 1.29 is 14.0 Å². The van der Waals surface area contributed by atoms with Gasteiger partial charge in [-0.05, 0) is 24.3 Å². The number of carbonyl (C=O) groups is 2. The minimum absolute atomic E-state index is 0. The smallest absolute Gasteiger partial charge is 0.305 e. The standard InChI is InChI=1S/C17H20N4O3.ClH/c22-16(18-19-17(23)15-7-4-12-24-15)13-20-8-10-21(11-9-20)14-5-2-1-3-6-14;/h1-7,12H,8-11,13H2,(H,18,22)(H,19,23);1H. The third-order valence-corrected chi connectivity index (χ3v) is 3.92. The maximum atomic E-state index is 11.9. The molecule has 0 bridgehead atoms. The van der Waals surface area contributed by atoms with Crippen molar-refractivity contribution in [3.05, 3.63) is 54.5 Å². The van der Waals surface area contributed by atoms with Gasteiger partial charge in [0.2, 0.25) is 0 Å². The fourth-order valence-corrected chi connectivity index (χ4v) is 2.64. The molecule has 2 aromatic rings. The molecule has 0 atom stereocenters. The molecule has 0 radical (unpaired) electrons. The Hall–Kier alpha value is -2.51. The lowest BCUT2D eigenvalue weighted by atomic mass is 10.2. The Morgan fingerprint density at radius 3 is 2.32 bits per heavy atom. The summed E-state index contributed by atoms with van der Waals surface area (Å²) in [5.74, 6) is -0.558. The van der Waals surface area contributed by atoms with E-state index in [1.807, 2.05) is 18.2 Å². The van der Waals surface area contributed by atoms with Crippen molar-refractivity contribution in [2.24, 2.45) is 0 Å². The summed E-state index contributed by atoms with van der Waals surface area (Å²) in [6.45, 7) is 3.59. The minimum Gasteiger partial charge on any atom is -0.459 e. The Balaban J connectivity index is 0.00000225. The summed E-state index contributed by atoms with van der Waals surface area (Å²) in [6, 6.07) is 13.4. The van der Waals surface area contributed by atoms with E-state index in [0.29, 0.717) is 0 Å². The highest BCUT2D eigenvalue weighted by atomic mass is 35.5. The van der Waals surface area contributed by atoms with E-state index in [9.17, 15) is 9.59 Å². The molecule has 1 saturated heterocycles. The first-order valence-electron chi connectivity index (χ1n) is 7.87. The number of benzene rings is 1. The van der Waals surface area contributed by atoms with Crippen LogP contribution in [-0.2, 0) is 4.79 Å². The summed E-state index contributed by atoms with van der Waals surface area (Å²) in [6.07, 6.45) is 1.41. The number of hydrogen-bond donors (Lipinski definition) is 2. The quantitative estimate of drug-likeness (QED) is 0.799. The summed E-state index contributed by atoms with van der Waals surface area (Å²) < 4.78 is 4.95. The van der Waals surface area contributed by atoms with E-state index >= 15 is 0 Å². The van der Waals surface area contributed by atoms with E-state index < -0.39 is 5.91 Å². The van der Waals surface area contributed by atoms with Gasteiger partial charge in [-0.2, -0.15) is 0 Å². The van der Waals surface area contributed by atoms with Gasteiger partial charge in [0.25, 0.3) is 5.91 Å². The van der Waals surface area contributed by atoms with E-state index in [2.05, 4.69) is 32.8 Å².